The average Bonchev–Trinajstić information content (AvgIpc) is 2.88. The van der Waals surface area contributed by atoms with Crippen LogP contribution in [0.2, 0.25) is 0 Å². The smallest absolute Gasteiger partial charge is 0.315 e. The summed E-state index contributed by atoms with van der Waals surface area (Å²) in [5.74, 6) is -5.24. The molecule has 4 amide bonds. The predicted octanol–water partition coefficient (Wildman–Crippen LogP) is 2.13. The molecule has 10 heteroatoms. The van der Waals surface area contributed by atoms with Crippen LogP contribution in [-0.4, -0.2) is 48.9 Å². The topological polar surface area (TPSA) is 90.5 Å². The summed E-state index contributed by atoms with van der Waals surface area (Å²) in [5, 5.41) is 6.87. The minimum Gasteiger partial charge on any atom is -0.343 e. The number of halogens is 3. The Balaban J connectivity index is 1.64. The SMILES string of the molecule is O=C(CNC(=O)NCCCN1CCCCCC1=O)Nc1ccc(F)c(F)c1F. The van der Waals surface area contributed by atoms with Crippen LogP contribution in [0.4, 0.5) is 23.7 Å². The molecule has 1 aromatic carbocycles. The molecule has 1 aliphatic heterocycles. The van der Waals surface area contributed by atoms with E-state index in [1.54, 1.807) is 4.90 Å². The highest BCUT2D eigenvalue weighted by Crippen LogP contribution is 2.19. The van der Waals surface area contributed by atoms with Crippen LogP contribution in [0, 0.1) is 17.5 Å². The number of carbonyl (C=O) groups is 3. The van der Waals surface area contributed by atoms with Crippen molar-refractivity contribution in [1.82, 2.24) is 15.5 Å². The fraction of sp³-hybridized carbons (Fsp3) is 0.500. The van der Waals surface area contributed by atoms with E-state index in [0.29, 0.717) is 32.0 Å². The fourth-order valence-electron chi connectivity index (χ4n) is 2.79. The van der Waals surface area contributed by atoms with Gasteiger partial charge in [0.2, 0.25) is 11.8 Å². The molecule has 0 aliphatic carbocycles. The molecule has 1 aromatic rings. The van der Waals surface area contributed by atoms with Crippen LogP contribution in [-0.2, 0) is 9.59 Å². The van der Waals surface area contributed by atoms with Gasteiger partial charge in [-0.1, -0.05) is 6.42 Å². The summed E-state index contributed by atoms with van der Waals surface area (Å²) in [7, 11) is 0. The van der Waals surface area contributed by atoms with E-state index in [-0.39, 0.29) is 5.91 Å². The quantitative estimate of drug-likeness (QED) is 0.484. The van der Waals surface area contributed by atoms with Crippen LogP contribution in [0.25, 0.3) is 0 Å². The van der Waals surface area contributed by atoms with Gasteiger partial charge in [0, 0.05) is 26.1 Å². The van der Waals surface area contributed by atoms with Crippen molar-refractivity contribution >= 4 is 23.5 Å². The first kappa shape index (κ1) is 21.5. The number of hydrogen-bond acceptors (Lipinski definition) is 3. The van der Waals surface area contributed by atoms with E-state index in [1.165, 1.54) is 0 Å². The fourth-order valence-corrected chi connectivity index (χ4v) is 2.79. The van der Waals surface area contributed by atoms with Gasteiger partial charge >= 0.3 is 6.03 Å². The molecule has 7 nitrogen and oxygen atoms in total. The van der Waals surface area contributed by atoms with Crippen molar-refractivity contribution in [2.24, 2.45) is 0 Å². The molecule has 1 saturated heterocycles. The molecule has 0 radical (unpaired) electrons. The maximum atomic E-state index is 13.5. The molecule has 154 valence electrons. The normalized spacial score (nSPS) is 14.4. The molecular weight excluding hydrogens is 377 g/mol. The van der Waals surface area contributed by atoms with Crippen LogP contribution in [0.15, 0.2) is 12.1 Å². The van der Waals surface area contributed by atoms with Crippen LogP contribution in [0.3, 0.4) is 0 Å². The zero-order chi connectivity index (χ0) is 20.5. The number of rotatable bonds is 7. The molecule has 0 saturated carbocycles. The van der Waals surface area contributed by atoms with Crippen LogP contribution in [0.5, 0.6) is 0 Å². The number of urea groups is 1. The molecule has 0 bridgehead atoms. The minimum absolute atomic E-state index is 0.128. The van der Waals surface area contributed by atoms with E-state index in [4.69, 9.17) is 0 Å². The second-order valence-corrected chi connectivity index (χ2v) is 6.43. The lowest BCUT2D eigenvalue weighted by molar-refractivity contribution is -0.130. The molecule has 1 heterocycles. The van der Waals surface area contributed by atoms with Crippen molar-refractivity contribution in [3.63, 3.8) is 0 Å². The third-order valence-electron chi connectivity index (χ3n) is 4.28. The predicted molar refractivity (Wildman–Crippen MR) is 96.0 cm³/mol. The zero-order valence-electron chi connectivity index (χ0n) is 15.3. The standard InChI is InChI=1S/C18H23F3N4O3/c19-12-6-7-13(17(21)16(12)20)24-14(26)11-23-18(28)22-8-4-10-25-9-3-1-2-5-15(25)27/h6-7H,1-5,8-11H2,(H,24,26)(H2,22,23,28). The van der Waals surface area contributed by atoms with Crippen molar-refractivity contribution in [3.8, 4) is 0 Å². The maximum Gasteiger partial charge on any atom is 0.315 e. The molecule has 0 unspecified atom stereocenters. The second kappa shape index (κ2) is 10.5. The number of carbonyl (C=O) groups excluding carboxylic acids is 3. The molecule has 3 N–H and O–H groups in total. The molecule has 0 spiro atoms. The molecule has 0 aromatic heterocycles. The van der Waals surface area contributed by atoms with E-state index in [2.05, 4.69) is 10.6 Å². The van der Waals surface area contributed by atoms with E-state index in [9.17, 15) is 27.6 Å². The first-order chi connectivity index (χ1) is 13.4. The third kappa shape index (κ3) is 6.43. The summed E-state index contributed by atoms with van der Waals surface area (Å²) in [5.41, 5.74) is -0.520. The van der Waals surface area contributed by atoms with Gasteiger partial charge in [0.1, 0.15) is 0 Å². The summed E-state index contributed by atoms with van der Waals surface area (Å²) < 4.78 is 39.4. The van der Waals surface area contributed by atoms with Crippen molar-refractivity contribution in [1.29, 1.82) is 0 Å². The molecular formula is C18H23F3N4O3. The molecule has 0 atom stereocenters. The van der Waals surface area contributed by atoms with E-state index in [0.717, 1.165) is 31.9 Å². The summed E-state index contributed by atoms with van der Waals surface area (Å²) >= 11 is 0. The van der Waals surface area contributed by atoms with Crippen molar-refractivity contribution in [2.45, 2.75) is 32.1 Å². The van der Waals surface area contributed by atoms with E-state index < -0.39 is 41.6 Å². The Morgan fingerprint density at radius 2 is 1.82 bits per heavy atom. The Morgan fingerprint density at radius 1 is 1.04 bits per heavy atom. The highest BCUT2D eigenvalue weighted by molar-refractivity contribution is 5.94. The molecule has 1 fully saturated rings. The number of hydrogen-bond donors (Lipinski definition) is 3. The minimum atomic E-state index is -1.69. The van der Waals surface area contributed by atoms with Gasteiger partial charge in [-0.05, 0) is 31.4 Å². The lowest BCUT2D eigenvalue weighted by Gasteiger charge is -2.20. The summed E-state index contributed by atoms with van der Waals surface area (Å²) in [4.78, 5) is 37.0. The Labute approximate surface area is 160 Å². The second-order valence-electron chi connectivity index (χ2n) is 6.43. The Kier molecular flexibility index (Phi) is 8.09. The zero-order valence-corrected chi connectivity index (χ0v) is 15.3. The van der Waals surface area contributed by atoms with Gasteiger partial charge < -0.3 is 20.9 Å². The molecule has 28 heavy (non-hydrogen) atoms. The van der Waals surface area contributed by atoms with Crippen molar-refractivity contribution in [2.75, 3.05) is 31.5 Å². The van der Waals surface area contributed by atoms with Crippen LogP contribution in [0.1, 0.15) is 32.1 Å². The van der Waals surface area contributed by atoms with Crippen LogP contribution >= 0.6 is 0 Å². The number of likely N-dealkylation sites (tertiary alicyclic amines) is 1. The summed E-state index contributed by atoms with van der Waals surface area (Å²) in [6, 6.07) is 0.960. The molecule has 1 aliphatic rings. The largest absolute Gasteiger partial charge is 0.343 e. The maximum absolute atomic E-state index is 13.5. The van der Waals surface area contributed by atoms with Crippen molar-refractivity contribution in [3.05, 3.63) is 29.6 Å². The Morgan fingerprint density at radius 3 is 2.61 bits per heavy atom. The summed E-state index contributed by atoms with van der Waals surface area (Å²) in [6.07, 6.45) is 4.06. The first-order valence-corrected chi connectivity index (χ1v) is 9.11. The Bertz CT molecular complexity index is 730. The third-order valence-corrected chi connectivity index (χ3v) is 4.28. The number of anilines is 1. The van der Waals surface area contributed by atoms with Gasteiger partial charge in [-0.2, -0.15) is 0 Å². The van der Waals surface area contributed by atoms with E-state index in [1.807, 2.05) is 5.32 Å². The number of benzene rings is 1. The van der Waals surface area contributed by atoms with Crippen molar-refractivity contribution < 1.29 is 27.6 Å². The number of nitrogens with zero attached hydrogens (tertiary/aromatic N) is 1. The van der Waals surface area contributed by atoms with Gasteiger partial charge in [0.05, 0.1) is 12.2 Å². The first-order valence-electron chi connectivity index (χ1n) is 9.11. The monoisotopic (exact) mass is 400 g/mol. The summed E-state index contributed by atoms with van der Waals surface area (Å²) in [6.45, 7) is 1.12. The lowest BCUT2D eigenvalue weighted by Crippen LogP contribution is -2.41. The molecule has 2 rings (SSSR count). The highest BCUT2D eigenvalue weighted by Gasteiger charge is 2.17. The van der Waals surface area contributed by atoms with Gasteiger partial charge in [0.25, 0.3) is 0 Å². The lowest BCUT2D eigenvalue weighted by atomic mass is 10.2. The average molecular weight is 400 g/mol. The number of amides is 4. The number of nitrogens with one attached hydrogen (secondary N) is 3. The highest BCUT2D eigenvalue weighted by atomic mass is 19.2. The Hall–Kier alpha value is -2.78. The van der Waals surface area contributed by atoms with Gasteiger partial charge in [0.15, 0.2) is 17.5 Å². The van der Waals surface area contributed by atoms with Crippen LogP contribution < -0.4 is 16.0 Å². The van der Waals surface area contributed by atoms with Gasteiger partial charge in [-0.15, -0.1) is 0 Å². The van der Waals surface area contributed by atoms with Gasteiger partial charge in [-0.25, -0.2) is 18.0 Å². The van der Waals surface area contributed by atoms with Gasteiger partial charge in [-0.3, -0.25) is 9.59 Å². The van der Waals surface area contributed by atoms with E-state index >= 15 is 0 Å².